The van der Waals surface area contributed by atoms with Crippen LogP contribution in [0.3, 0.4) is 0 Å². The first-order valence-corrected chi connectivity index (χ1v) is 6.70. The molecule has 0 aromatic heterocycles. The maximum Gasteiger partial charge on any atom is 0.328 e. The van der Waals surface area contributed by atoms with E-state index in [0.717, 1.165) is 0 Å². The fraction of sp³-hybridized carbons (Fsp3) is 0.700. The maximum atomic E-state index is 11.6. The number of aliphatic carboxylic acids is 1. The van der Waals surface area contributed by atoms with Gasteiger partial charge in [0.25, 0.3) is 0 Å². The van der Waals surface area contributed by atoms with Crippen LogP contribution in [0.2, 0.25) is 0 Å². The van der Waals surface area contributed by atoms with Crippen LogP contribution in [0.4, 0.5) is 0 Å². The molecule has 0 saturated heterocycles. The number of carbonyl (C=O) groups is 3. The Morgan fingerprint density at radius 3 is 2.37 bits per heavy atom. The molecular weight excluding hydrogens is 274 g/mol. The molecule has 3 atom stereocenters. The number of aliphatic hydroxyl groups is 1. The van der Waals surface area contributed by atoms with E-state index in [1.165, 1.54) is 25.6 Å². The van der Waals surface area contributed by atoms with Crippen molar-refractivity contribution in [2.24, 2.45) is 5.73 Å². The topological polar surface area (TPSA) is 142 Å². The van der Waals surface area contributed by atoms with Crippen molar-refractivity contribution in [3.63, 3.8) is 0 Å². The summed E-state index contributed by atoms with van der Waals surface area (Å²) in [6, 6.07) is -2.31. The van der Waals surface area contributed by atoms with Crippen molar-refractivity contribution in [3.8, 4) is 0 Å². The molecule has 0 aliphatic rings. The van der Waals surface area contributed by atoms with E-state index in [-0.39, 0.29) is 11.7 Å². The lowest BCUT2D eigenvalue weighted by molar-refractivity contribution is -0.144. The summed E-state index contributed by atoms with van der Waals surface area (Å²) >= 11 is 1.23. The van der Waals surface area contributed by atoms with E-state index in [1.54, 1.807) is 0 Å². The van der Waals surface area contributed by atoms with Crippen LogP contribution in [0, 0.1) is 0 Å². The lowest BCUT2D eigenvalue weighted by Gasteiger charge is -2.19. The average molecular weight is 293 g/mol. The van der Waals surface area contributed by atoms with Gasteiger partial charge in [0, 0.05) is 12.7 Å². The van der Waals surface area contributed by atoms with Crippen LogP contribution < -0.4 is 16.4 Å². The van der Waals surface area contributed by atoms with Gasteiger partial charge in [0.1, 0.15) is 0 Å². The standard InChI is InChI=1S/C10H19N3O5S/c1-5(14)8(10(17)18)13-9(16)7(11)3-19-4-12-6(2)15/h5,7-8,14H,3-4,11H2,1-2H3,(H,12,15)(H,13,16)(H,17,18)/t5?,7-,8-/m0/s1. The number of thioether (sulfide) groups is 1. The van der Waals surface area contributed by atoms with E-state index in [9.17, 15) is 19.5 Å². The quantitative estimate of drug-likeness (QED) is 0.260. The normalized spacial score (nSPS) is 15.2. The number of hydrogen-bond acceptors (Lipinski definition) is 6. The number of aliphatic hydroxyl groups excluding tert-OH is 1. The molecule has 110 valence electrons. The van der Waals surface area contributed by atoms with Crippen LogP contribution in [-0.4, -0.2) is 57.8 Å². The first-order chi connectivity index (χ1) is 8.75. The third kappa shape index (κ3) is 7.65. The molecule has 0 heterocycles. The van der Waals surface area contributed by atoms with E-state index in [1.807, 2.05) is 0 Å². The molecule has 0 aliphatic carbocycles. The van der Waals surface area contributed by atoms with Crippen molar-refractivity contribution in [2.45, 2.75) is 32.0 Å². The number of carboxylic acids is 1. The Labute approximate surface area is 115 Å². The minimum absolute atomic E-state index is 0.189. The van der Waals surface area contributed by atoms with Crippen molar-refractivity contribution in [3.05, 3.63) is 0 Å². The molecule has 0 bridgehead atoms. The van der Waals surface area contributed by atoms with E-state index < -0.39 is 30.1 Å². The Hall–Kier alpha value is -1.32. The SMILES string of the molecule is CC(=O)NCSC[C@H](N)C(=O)N[C@H](C(=O)O)C(C)O. The Kier molecular flexibility index (Phi) is 8.12. The van der Waals surface area contributed by atoms with E-state index in [4.69, 9.17) is 10.8 Å². The number of carboxylic acid groups (broad SMARTS) is 1. The minimum atomic E-state index is -1.39. The van der Waals surface area contributed by atoms with Gasteiger partial charge in [-0.25, -0.2) is 4.79 Å². The van der Waals surface area contributed by atoms with Crippen LogP contribution in [-0.2, 0) is 14.4 Å². The van der Waals surface area contributed by atoms with Crippen molar-refractivity contribution in [1.82, 2.24) is 10.6 Å². The van der Waals surface area contributed by atoms with Crippen LogP contribution in [0.5, 0.6) is 0 Å². The van der Waals surface area contributed by atoms with Crippen molar-refractivity contribution in [2.75, 3.05) is 11.6 Å². The molecule has 0 rings (SSSR count). The molecule has 0 aliphatic heterocycles. The Morgan fingerprint density at radius 2 is 1.95 bits per heavy atom. The van der Waals surface area contributed by atoms with Gasteiger partial charge >= 0.3 is 5.97 Å². The molecule has 2 amide bonds. The molecule has 0 fully saturated rings. The van der Waals surface area contributed by atoms with Gasteiger partial charge in [-0.05, 0) is 6.92 Å². The zero-order valence-corrected chi connectivity index (χ0v) is 11.6. The Balaban J connectivity index is 4.11. The van der Waals surface area contributed by atoms with Gasteiger partial charge in [-0.1, -0.05) is 0 Å². The number of amides is 2. The van der Waals surface area contributed by atoms with Crippen LogP contribution in [0.25, 0.3) is 0 Å². The second-order valence-corrected chi connectivity index (χ2v) is 4.95. The summed E-state index contributed by atoms with van der Waals surface area (Å²) in [5, 5.41) is 22.7. The molecule has 0 spiro atoms. The fourth-order valence-electron chi connectivity index (χ4n) is 1.06. The maximum absolute atomic E-state index is 11.6. The van der Waals surface area contributed by atoms with E-state index in [0.29, 0.717) is 5.88 Å². The summed E-state index contributed by atoms with van der Waals surface area (Å²) in [4.78, 5) is 32.9. The summed E-state index contributed by atoms with van der Waals surface area (Å²) in [5.41, 5.74) is 5.56. The molecule has 0 aromatic rings. The van der Waals surface area contributed by atoms with Gasteiger partial charge < -0.3 is 26.6 Å². The van der Waals surface area contributed by atoms with Crippen molar-refractivity contribution >= 4 is 29.5 Å². The highest BCUT2D eigenvalue weighted by atomic mass is 32.2. The van der Waals surface area contributed by atoms with Gasteiger partial charge in [-0.2, -0.15) is 0 Å². The number of hydrogen-bond donors (Lipinski definition) is 5. The molecule has 0 aromatic carbocycles. The van der Waals surface area contributed by atoms with Crippen LogP contribution in [0.1, 0.15) is 13.8 Å². The molecular formula is C10H19N3O5S. The molecule has 8 nitrogen and oxygen atoms in total. The monoisotopic (exact) mass is 293 g/mol. The number of carbonyl (C=O) groups excluding carboxylic acids is 2. The van der Waals surface area contributed by atoms with Crippen LogP contribution in [0.15, 0.2) is 0 Å². The average Bonchev–Trinajstić information content (AvgIpc) is 2.29. The summed E-state index contributed by atoms with van der Waals surface area (Å²) in [5.74, 6) is -1.65. The molecule has 0 saturated carbocycles. The molecule has 1 unspecified atom stereocenters. The summed E-state index contributed by atoms with van der Waals surface area (Å²) in [6.07, 6.45) is -1.22. The zero-order valence-electron chi connectivity index (χ0n) is 10.8. The molecule has 9 heteroatoms. The molecule has 6 N–H and O–H groups in total. The minimum Gasteiger partial charge on any atom is -0.480 e. The highest BCUT2D eigenvalue weighted by Crippen LogP contribution is 2.01. The van der Waals surface area contributed by atoms with Crippen LogP contribution >= 0.6 is 11.8 Å². The number of nitrogens with two attached hydrogens (primary N) is 1. The fourth-order valence-corrected chi connectivity index (χ4v) is 1.89. The highest BCUT2D eigenvalue weighted by molar-refractivity contribution is 7.99. The van der Waals surface area contributed by atoms with Crippen molar-refractivity contribution in [1.29, 1.82) is 0 Å². The van der Waals surface area contributed by atoms with Gasteiger partial charge in [-0.3, -0.25) is 9.59 Å². The third-order valence-electron chi connectivity index (χ3n) is 2.10. The Bertz CT molecular complexity index is 337. The van der Waals surface area contributed by atoms with Crippen molar-refractivity contribution < 1.29 is 24.6 Å². The molecule has 0 radical (unpaired) electrons. The van der Waals surface area contributed by atoms with Gasteiger partial charge in [0.2, 0.25) is 11.8 Å². The third-order valence-corrected chi connectivity index (χ3v) is 3.05. The first kappa shape index (κ1) is 17.7. The van der Waals surface area contributed by atoms with Gasteiger partial charge in [-0.15, -0.1) is 11.8 Å². The lowest BCUT2D eigenvalue weighted by Crippen LogP contribution is -2.53. The predicted molar refractivity (Wildman–Crippen MR) is 70.4 cm³/mol. The summed E-state index contributed by atoms with van der Waals surface area (Å²) in [7, 11) is 0. The smallest absolute Gasteiger partial charge is 0.328 e. The second-order valence-electron chi connectivity index (χ2n) is 3.92. The second kappa shape index (κ2) is 8.73. The van der Waals surface area contributed by atoms with E-state index >= 15 is 0 Å². The molecule has 19 heavy (non-hydrogen) atoms. The number of nitrogens with one attached hydrogen (secondary N) is 2. The highest BCUT2D eigenvalue weighted by Gasteiger charge is 2.27. The first-order valence-electron chi connectivity index (χ1n) is 5.54. The summed E-state index contributed by atoms with van der Waals surface area (Å²) < 4.78 is 0. The predicted octanol–water partition coefficient (Wildman–Crippen LogP) is -1.91. The largest absolute Gasteiger partial charge is 0.480 e. The number of rotatable bonds is 8. The van der Waals surface area contributed by atoms with Gasteiger partial charge in [0.15, 0.2) is 6.04 Å². The lowest BCUT2D eigenvalue weighted by atomic mass is 10.1. The summed E-state index contributed by atoms with van der Waals surface area (Å²) in [6.45, 7) is 2.63. The Morgan fingerprint density at radius 1 is 1.37 bits per heavy atom. The van der Waals surface area contributed by atoms with Gasteiger partial charge in [0.05, 0.1) is 18.0 Å². The zero-order chi connectivity index (χ0) is 15.0. The van der Waals surface area contributed by atoms with E-state index in [2.05, 4.69) is 10.6 Å².